The number of carbonyl (C=O) groups excluding carboxylic acids is 1. The highest BCUT2D eigenvalue weighted by atomic mass is 35.5. The van der Waals surface area contributed by atoms with Crippen molar-refractivity contribution in [2.45, 2.75) is 36.1 Å². The molecule has 0 spiro atoms. The van der Waals surface area contributed by atoms with Gasteiger partial charge >= 0.3 is 0 Å². The zero-order valence-electron chi connectivity index (χ0n) is 18.4. The van der Waals surface area contributed by atoms with Crippen molar-refractivity contribution in [2.75, 3.05) is 29.3 Å². The van der Waals surface area contributed by atoms with Gasteiger partial charge in [-0.15, -0.1) is 11.3 Å². The van der Waals surface area contributed by atoms with Gasteiger partial charge in [-0.2, -0.15) is 0 Å². The van der Waals surface area contributed by atoms with Crippen LogP contribution in [-0.2, 0) is 14.8 Å². The number of rotatable bonds is 6. The summed E-state index contributed by atoms with van der Waals surface area (Å²) in [7, 11) is -3.72. The van der Waals surface area contributed by atoms with Crippen LogP contribution in [0, 0.1) is 0 Å². The first-order chi connectivity index (χ1) is 16.4. The third-order valence-corrected chi connectivity index (χ3v) is 9.03. The van der Waals surface area contributed by atoms with Crippen LogP contribution in [0.4, 0.5) is 10.8 Å². The number of carbonyl (C=O) groups is 1. The number of piperidine rings is 1. The van der Waals surface area contributed by atoms with Crippen molar-refractivity contribution >= 4 is 49.7 Å². The summed E-state index contributed by atoms with van der Waals surface area (Å²) in [5, 5.41) is 2.77. The van der Waals surface area contributed by atoms with E-state index in [2.05, 4.69) is 26.7 Å². The molecule has 1 N–H and O–H groups in total. The van der Waals surface area contributed by atoms with Gasteiger partial charge in [0.05, 0.1) is 10.9 Å². The van der Waals surface area contributed by atoms with Gasteiger partial charge in [0.25, 0.3) is 10.0 Å². The molecule has 0 radical (unpaired) electrons. The van der Waals surface area contributed by atoms with E-state index >= 15 is 0 Å². The molecule has 2 aliphatic rings. The molecule has 2 fully saturated rings. The Labute approximate surface area is 208 Å². The van der Waals surface area contributed by atoms with Crippen LogP contribution >= 0.6 is 22.9 Å². The smallest absolute Gasteiger partial charge is 0.263 e. The zero-order valence-corrected chi connectivity index (χ0v) is 20.8. The van der Waals surface area contributed by atoms with Gasteiger partial charge in [0.2, 0.25) is 5.91 Å². The Morgan fingerprint density at radius 1 is 0.971 bits per heavy atom. The molecule has 2 aliphatic heterocycles. The van der Waals surface area contributed by atoms with E-state index in [0.717, 1.165) is 43.1 Å². The number of hydrogen-bond acceptors (Lipinski definition) is 6. The van der Waals surface area contributed by atoms with Crippen molar-refractivity contribution in [1.29, 1.82) is 0 Å². The molecule has 3 aromatic rings. The van der Waals surface area contributed by atoms with E-state index in [0.29, 0.717) is 17.6 Å². The number of halogens is 1. The topological polar surface area (TPSA) is 82.6 Å². The number of aromatic nitrogens is 1. The molecular formula is C24H25ClN4O3S2. The van der Waals surface area contributed by atoms with Crippen LogP contribution in [0.5, 0.6) is 0 Å². The summed E-state index contributed by atoms with van der Waals surface area (Å²) in [4.78, 5) is 21.4. The molecule has 2 saturated heterocycles. The Morgan fingerprint density at radius 3 is 2.32 bits per heavy atom. The van der Waals surface area contributed by atoms with E-state index in [1.54, 1.807) is 28.6 Å². The number of likely N-dealkylation sites (tertiary alicyclic amines) is 1. The number of benzene rings is 2. The van der Waals surface area contributed by atoms with E-state index < -0.39 is 10.0 Å². The lowest BCUT2D eigenvalue weighted by Gasteiger charge is -2.35. The number of nitrogens with zero attached hydrogens (tertiary/aromatic N) is 3. The lowest BCUT2D eigenvalue weighted by Crippen LogP contribution is -2.45. The summed E-state index contributed by atoms with van der Waals surface area (Å²) in [6, 6.07) is 14.4. The highest BCUT2D eigenvalue weighted by molar-refractivity contribution is 7.93. The third-order valence-electron chi connectivity index (χ3n) is 6.60. The number of anilines is 2. The van der Waals surface area contributed by atoms with E-state index in [1.807, 2.05) is 12.1 Å². The first-order valence-electron chi connectivity index (χ1n) is 11.2. The number of hydrogen-bond donors (Lipinski definition) is 1. The molecule has 10 heteroatoms. The first-order valence-corrected chi connectivity index (χ1v) is 14.0. The molecule has 7 nitrogen and oxygen atoms in total. The van der Waals surface area contributed by atoms with Gasteiger partial charge in [-0.3, -0.25) is 14.4 Å². The summed E-state index contributed by atoms with van der Waals surface area (Å²) >= 11 is 7.23. The minimum Gasteiger partial charge on any atom is -0.311 e. The molecule has 1 unspecified atom stereocenters. The molecule has 1 atom stereocenters. The van der Waals surface area contributed by atoms with Crippen LogP contribution in [0.2, 0.25) is 5.02 Å². The van der Waals surface area contributed by atoms with Gasteiger partial charge in [-0.1, -0.05) is 23.7 Å². The van der Waals surface area contributed by atoms with Crippen molar-refractivity contribution in [3.8, 4) is 0 Å². The second-order valence-electron chi connectivity index (χ2n) is 8.59. The summed E-state index contributed by atoms with van der Waals surface area (Å²) in [6.45, 7) is 2.40. The molecule has 0 aliphatic carbocycles. The van der Waals surface area contributed by atoms with Gasteiger partial charge in [0.1, 0.15) is 0 Å². The van der Waals surface area contributed by atoms with E-state index in [-0.39, 0.29) is 16.8 Å². The fourth-order valence-corrected chi connectivity index (χ4v) is 6.71. The minimum absolute atomic E-state index is 0.0847. The minimum atomic E-state index is -3.72. The summed E-state index contributed by atoms with van der Waals surface area (Å²) in [5.74, 6) is 0.579. The van der Waals surface area contributed by atoms with Crippen LogP contribution < -0.4 is 9.62 Å². The molecule has 0 bridgehead atoms. The molecule has 3 heterocycles. The molecule has 5 rings (SSSR count). The van der Waals surface area contributed by atoms with E-state index in [4.69, 9.17) is 11.6 Å². The average molecular weight is 517 g/mol. The zero-order chi connectivity index (χ0) is 23.7. The molecule has 0 saturated carbocycles. The quantitative estimate of drug-likeness (QED) is 0.518. The summed E-state index contributed by atoms with van der Waals surface area (Å²) in [5.41, 5.74) is 2.03. The molecule has 178 valence electrons. The van der Waals surface area contributed by atoms with Crippen molar-refractivity contribution in [2.24, 2.45) is 0 Å². The maximum absolute atomic E-state index is 13.2. The summed E-state index contributed by atoms with van der Waals surface area (Å²) in [6.07, 6.45) is 4.35. The van der Waals surface area contributed by atoms with Crippen LogP contribution in [0.15, 0.2) is 65.0 Å². The van der Waals surface area contributed by atoms with Crippen molar-refractivity contribution in [3.05, 3.63) is 70.7 Å². The van der Waals surface area contributed by atoms with Gasteiger partial charge in [0, 0.05) is 28.8 Å². The average Bonchev–Trinajstić information content (AvgIpc) is 3.49. The lowest BCUT2D eigenvalue weighted by molar-refractivity contribution is -0.122. The largest absolute Gasteiger partial charge is 0.311 e. The fourth-order valence-electron chi connectivity index (χ4n) is 4.79. The number of amides is 1. The van der Waals surface area contributed by atoms with E-state index in [9.17, 15) is 13.2 Å². The third kappa shape index (κ3) is 4.84. The standard InChI is InChI=1S/C24H25ClN4O3S2/c25-19-3-1-17(2-4-19)18-9-13-28(14-10-18)22-11-15-29(23(22)30)20-5-7-21(8-6-20)34(31,32)27-24-26-12-16-33-24/h1-8,12,16,18,22H,9-11,13-15H2,(H,26,27). The normalized spacial score (nSPS) is 20.1. The van der Waals surface area contributed by atoms with Gasteiger partial charge < -0.3 is 4.90 Å². The van der Waals surface area contributed by atoms with Crippen LogP contribution in [0.25, 0.3) is 0 Å². The second kappa shape index (κ2) is 9.65. The number of thiazole rings is 1. The van der Waals surface area contributed by atoms with Crippen LogP contribution in [0.3, 0.4) is 0 Å². The van der Waals surface area contributed by atoms with Crippen molar-refractivity contribution in [3.63, 3.8) is 0 Å². The second-order valence-corrected chi connectivity index (χ2v) is 11.6. The maximum atomic E-state index is 13.2. The molecular weight excluding hydrogens is 492 g/mol. The monoisotopic (exact) mass is 516 g/mol. The molecule has 2 aromatic carbocycles. The SMILES string of the molecule is O=C1C(N2CCC(c3ccc(Cl)cc3)CC2)CCN1c1ccc(S(=O)(=O)Nc2nccs2)cc1. The Morgan fingerprint density at radius 2 is 1.68 bits per heavy atom. The van der Waals surface area contributed by atoms with E-state index in [1.165, 1.54) is 29.0 Å². The fraction of sp³-hybridized carbons (Fsp3) is 0.333. The number of nitrogens with one attached hydrogen (secondary N) is 1. The Hall–Kier alpha value is -2.46. The Kier molecular flexibility index (Phi) is 6.61. The maximum Gasteiger partial charge on any atom is 0.263 e. The Bertz CT molecular complexity index is 1240. The highest BCUT2D eigenvalue weighted by Gasteiger charge is 2.38. The molecule has 1 aromatic heterocycles. The summed E-state index contributed by atoms with van der Waals surface area (Å²) < 4.78 is 27.6. The lowest BCUT2D eigenvalue weighted by atomic mass is 9.89. The number of sulfonamides is 1. The van der Waals surface area contributed by atoms with Gasteiger partial charge in [0.15, 0.2) is 5.13 Å². The highest BCUT2D eigenvalue weighted by Crippen LogP contribution is 2.33. The molecule has 1 amide bonds. The van der Waals surface area contributed by atoms with Crippen LogP contribution in [-0.4, -0.2) is 49.9 Å². The van der Waals surface area contributed by atoms with Gasteiger partial charge in [-0.05, 0) is 80.2 Å². The Balaban J connectivity index is 1.21. The first kappa shape index (κ1) is 23.3. The molecule has 34 heavy (non-hydrogen) atoms. The van der Waals surface area contributed by atoms with Crippen molar-refractivity contribution < 1.29 is 13.2 Å². The predicted molar refractivity (Wildman–Crippen MR) is 135 cm³/mol. The van der Waals surface area contributed by atoms with Crippen LogP contribution in [0.1, 0.15) is 30.7 Å². The predicted octanol–water partition coefficient (Wildman–Crippen LogP) is 4.58. The van der Waals surface area contributed by atoms with Gasteiger partial charge in [-0.25, -0.2) is 13.4 Å². The van der Waals surface area contributed by atoms with Crippen molar-refractivity contribution in [1.82, 2.24) is 9.88 Å².